The monoisotopic (exact) mass is 306 g/mol. The van der Waals surface area contributed by atoms with Crippen LogP contribution in [0.5, 0.6) is 0 Å². The molecule has 0 spiro atoms. The minimum absolute atomic E-state index is 0.0353. The summed E-state index contributed by atoms with van der Waals surface area (Å²) in [6.45, 7) is 2.17. The summed E-state index contributed by atoms with van der Waals surface area (Å²) in [4.78, 5) is 27.7. The fraction of sp³-hybridized carbons (Fsp3) is 0.231. The zero-order valence-corrected chi connectivity index (χ0v) is 12.4. The maximum absolute atomic E-state index is 12.2. The molecule has 1 heterocycles. The molecule has 0 aliphatic rings. The summed E-state index contributed by atoms with van der Waals surface area (Å²) >= 11 is 1.47. The maximum Gasteiger partial charge on any atom is 0.305 e. The highest BCUT2D eigenvalue weighted by Crippen LogP contribution is 2.28. The molecule has 2 N–H and O–H groups in total. The Balaban J connectivity index is 2.20. The summed E-state index contributed by atoms with van der Waals surface area (Å²) in [6, 6.07) is 4.60. The Bertz CT molecular complexity index is 684. The zero-order valence-electron chi connectivity index (χ0n) is 11.5. The number of nitrogens with zero attached hydrogens (tertiary/aromatic N) is 2. The van der Waals surface area contributed by atoms with Crippen LogP contribution in [0.4, 0.5) is 11.4 Å². The first-order valence-corrected chi connectivity index (χ1v) is 6.99. The standard InChI is InChI=1S/C13H14N4O3S/c1-8-15-6-9(21-8)7-16-13(18)10-4-3-5-11(14-2)12(10)17(19)20/h3-6,14H,7H2,1-2H3,(H,16,18). The lowest BCUT2D eigenvalue weighted by Gasteiger charge is -2.07. The van der Waals surface area contributed by atoms with Gasteiger partial charge in [0.25, 0.3) is 5.91 Å². The quantitative estimate of drug-likeness (QED) is 0.652. The summed E-state index contributed by atoms with van der Waals surface area (Å²) in [5.74, 6) is -0.482. The second-order valence-electron chi connectivity index (χ2n) is 4.24. The largest absolute Gasteiger partial charge is 0.383 e. The van der Waals surface area contributed by atoms with Crippen molar-refractivity contribution in [2.45, 2.75) is 13.5 Å². The third-order valence-corrected chi connectivity index (χ3v) is 3.74. The molecule has 1 amide bonds. The number of benzene rings is 1. The Morgan fingerprint density at radius 2 is 2.24 bits per heavy atom. The van der Waals surface area contributed by atoms with E-state index in [0.717, 1.165) is 9.88 Å². The summed E-state index contributed by atoms with van der Waals surface area (Å²) in [5, 5.41) is 17.5. The highest BCUT2D eigenvalue weighted by Gasteiger charge is 2.23. The van der Waals surface area contributed by atoms with Crippen LogP contribution in [-0.2, 0) is 6.54 Å². The number of anilines is 1. The molecule has 0 aliphatic heterocycles. The number of para-hydroxylation sites is 1. The molecule has 2 aromatic rings. The van der Waals surface area contributed by atoms with Gasteiger partial charge in [0.15, 0.2) is 0 Å². The van der Waals surface area contributed by atoms with Gasteiger partial charge in [-0.1, -0.05) is 6.07 Å². The minimum Gasteiger partial charge on any atom is -0.383 e. The molecule has 0 bridgehead atoms. The number of aryl methyl sites for hydroxylation is 1. The number of thiazole rings is 1. The molecule has 8 heteroatoms. The van der Waals surface area contributed by atoms with Gasteiger partial charge in [0.05, 0.1) is 16.5 Å². The van der Waals surface area contributed by atoms with Gasteiger partial charge in [0, 0.05) is 18.1 Å². The first kappa shape index (κ1) is 14.9. The molecule has 1 aromatic carbocycles. The van der Waals surface area contributed by atoms with Gasteiger partial charge in [-0.2, -0.15) is 0 Å². The van der Waals surface area contributed by atoms with E-state index < -0.39 is 10.8 Å². The number of carbonyl (C=O) groups is 1. The lowest BCUT2D eigenvalue weighted by Crippen LogP contribution is -2.23. The molecule has 0 atom stereocenters. The van der Waals surface area contributed by atoms with Crippen molar-refractivity contribution in [1.82, 2.24) is 10.3 Å². The van der Waals surface area contributed by atoms with Gasteiger partial charge in [-0.25, -0.2) is 4.98 Å². The maximum atomic E-state index is 12.2. The molecule has 0 saturated carbocycles. The van der Waals surface area contributed by atoms with E-state index >= 15 is 0 Å². The van der Waals surface area contributed by atoms with Crippen molar-refractivity contribution in [1.29, 1.82) is 0 Å². The number of rotatable bonds is 5. The zero-order chi connectivity index (χ0) is 15.4. The van der Waals surface area contributed by atoms with Crippen LogP contribution in [0.1, 0.15) is 20.2 Å². The van der Waals surface area contributed by atoms with Crippen molar-refractivity contribution in [3.8, 4) is 0 Å². The van der Waals surface area contributed by atoms with Crippen molar-refractivity contribution >= 4 is 28.6 Å². The normalized spacial score (nSPS) is 10.2. The van der Waals surface area contributed by atoms with Crippen LogP contribution < -0.4 is 10.6 Å². The Kier molecular flexibility index (Phi) is 4.49. The second-order valence-corrected chi connectivity index (χ2v) is 5.56. The number of nitro benzene ring substituents is 1. The third kappa shape index (κ3) is 3.34. The van der Waals surface area contributed by atoms with E-state index in [2.05, 4.69) is 15.6 Å². The topological polar surface area (TPSA) is 97.2 Å². The number of amides is 1. The van der Waals surface area contributed by atoms with Crippen LogP contribution in [0, 0.1) is 17.0 Å². The van der Waals surface area contributed by atoms with Crippen LogP contribution in [0.25, 0.3) is 0 Å². The Hall–Kier alpha value is -2.48. The highest BCUT2D eigenvalue weighted by atomic mass is 32.1. The van der Waals surface area contributed by atoms with E-state index in [1.54, 1.807) is 25.4 Å². The van der Waals surface area contributed by atoms with Gasteiger partial charge >= 0.3 is 5.69 Å². The lowest BCUT2D eigenvalue weighted by atomic mass is 10.1. The van der Waals surface area contributed by atoms with Crippen molar-refractivity contribution < 1.29 is 9.72 Å². The number of hydrogen-bond acceptors (Lipinski definition) is 6. The van der Waals surface area contributed by atoms with Crippen LogP contribution in [-0.4, -0.2) is 22.9 Å². The Morgan fingerprint density at radius 1 is 1.48 bits per heavy atom. The second kappa shape index (κ2) is 6.31. The van der Waals surface area contributed by atoms with E-state index in [1.807, 2.05) is 6.92 Å². The first-order valence-electron chi connectivity index (χ1n) is 6.17. The lowest BCUT2D eigenvalue weighted by molar-refractivity contribution is -0.384. The predicted molar refractivity (Wildman–Crippen MR) is 80.7 cm³/mol. The number of nitrogens with one attached hydrogen (secondary N) is 2. The molecule has 110 valence electrons. The SMILES string of the molecule is CNc1cccc(C(=O)NCc2cnc(C)s2)c1[N+](=O)[O-]. The average molecular weight is 306 g/mol. The Labute approximate surface area is 125 Å². The van der Waals surface area contributed by atoms with Gasteiger partial charge in [0.1, 0.15) is 11.3 Å². The number of hydrogen-bond donors (Lipinski definition) is 2. The fourth-order valence-corrected chi connectivity index (χ4v) is 2.61. The summed E-state index contributed by atoms with van der Waals surface area (Å²) in [7, 11) is 1.57. The van der Waals surface area contributed by atoms with Crippen LogP contribution >= 0.6 is 11.3 Å². The molecule has 21 heavy (non-hydrogen) atoms. The van der Waals surface area contributed by atoms with Crippen molar-refractivity contribution in [2.75, 3.05) is 12.4 Å². The number of nitro groups is 1. The van der Waals surface area contributed by atoms with Gasteiger partial charge < -0.3 is 10.6 Å². The molecule has 7 nitrogen and oxygen atoms in total. The fourth-order valence-electron chi connectivity index (χ4n) is 1.87. The van der Waals surface area contributed by atoms with Gasteiger partial charge in [-0.05, 0) is 19.1 Å². The third-order valence-electron chi connectivity index (χ3n) is 2.82. The minimum atomic E-state index is -0.558. The van der Waals surface area contributed by atoms with E-state index in [9.17, 15) is 14.9 Å². The number of carbonyl (C=O) groups excluding carboxylic acids is 1. The van der Waals surface area contributed by atoms with Crippen LogP contribution in [0.15, 0.2) is 24.4 Å². The molecular weight excluding hydrogens is 292 g/mol. The molecule has 1 aromatic heterocycles. The van der Waals surface area contributed by atoms with Gasteiger partial charge in [0.2, 0.25) is 0 Å². The summed E-state index contributed by atoms with van der Waals surface area (Å²) in [6.07, 6.45) is 1.68. The van der Waals surface area contributed by atoms with E-state index in [1.165, 1.54) is 17.4 Å². The highest BCUT2D eigenvalue weighted by molar-refractivity contribution is 7.11. The number of aromatic nitrogens is 1. The summed E-state index contributed by atoms with van der Waals surface area (Å²) < 4.78 is 0. The van der Waals surface area contributed by atoms with Crippen LogP contribution in [0.2, 0.25) is 0 Å². The molecule has 0 fully saturated rings. The molecule has 2 rings (SSSR count). The average Bonchev–Trinajstić information content (AvgIpc) is 2.89. The van der Waals surface area contributed by atoms with Gasteiger partial charge in [-0.3, -0.25) is 14.9 Å². The molecular formula is C13H14N4O3S. The first-order chi connectivity index (χ1) is 10.0. The Morgan fingerprint density at radius 3 is 2.81 bits per heavy atom. The predicted octanol–water partition coefficient (Wildman–Crippen LogP) is 2.33. The summed E-state index contributed by atoms with van der Waals surface area (Å²) in [5.41, 5.74) is 0.118. The molecule has 0 saturated heterocycles. The van der Waals surface area contributed by atoms with Crippen molar-refractivity contribution in [3.05, 3.63) is 50.0 Å². The van der Waals surface area contributed by atoms with Crippen molar-refractivity contribution in [2.24, 2.45) is 0 Å². The van der Waals surface area contributed by atoms with E-state index in [0.29, 0.717) is 12.2 Å². The molecule has 0 aliphatic carbocycles. The van der Waals surface area contributed by atoms with E-state index in [-0.39, 0.29) is 11.3 Å². The van der Waals surface area contributed by atoms with E-state index in [4.69, 9.17) is 0 Å². The smallest absolute Gasteiger partial charge is 0.305 e. The van der Waals surface area contributed by atoms with Crippen molar-refractivity contribution in [3.63, 3.8) is 0 Å². The molecule has 0 radical (unpaired) electrons. The molecule has 0 unspecified atom stereocenters. The van der Waals surface area contributed by atoms with Crippen LogP contribution in [0.3, 0.4) is 0 Å². The van der Waals surface area contributed by atoms with Gasteiger partial charge in [-0.15, -0.1) is 11.3 Å².